The van der Waals surface area contributed by atoms with Gasteiger partial charge in [0.1, 0.15) is 11.6 Å². The molecular formula is C17H14FN3O. The summed E-state index contributed by atoms with van der Waals surface area (Å²) >= 11 is 0. The van der Waals surface area contributed by atoms with Gasteiger partial charge in [-0.05, 0) is 35.9 Å². The van der Waals surface area contributed by atoms with E-state index in [2.05, 4.69) is 15.3 Å². The van der Waals surface area contributed by atoms with E-state index >= 15 is 0 Å². The van der Waals surface area contributed by atoms with E-state index in [1.54, 1.807) is 18.2 Å². The van der Waals surface area contributed by atoms with Crippen LogP contribution in [0.3, 0.4) is 0 Å². The third-order valence-corrected chi connectivity index (χ3v) is 3.17. The summed E-state index contributed by atoms with van der Waals surface area (Å²) in [5.74, 6) is 0.168. The van der Waals surface area contributed by atoms with E-state index in [9.17, 15) is 9.18 Å². The van der Waals surface area contributed by atoms with Crippen molar-refractivity contribution in [2.24, 2.45) is 0 Å². The molecule has 2 aromatic carbocycles. The van der Waals surface area contributed by atoms with Crippen molar-refractivity contribution in [2.75, 3.05) is 0 Å². The molecule has 110 valence electrons. The topological polar surface area (TPSA) is 57.8 Å². The monoisotopic (exact) mass is 295 g/mol. The Kier molecular flexibility index (Phi) is 3.96. The maximum atomic E-state index is 12.8. The summed E-state index contributed by atoms with van der Waals surface area (Å²) in [5.41, 5.74) is 2.57. The molecule has 1 heterocycles. The van der Waals surface area contributed by atoms with Gasteiger partial charge in [-0.15, -0.1) is 0 Å². The zero-order valence-corrected chi connectivity index (χ0v) is 11.7. The standard InChI is InChI=1S/C17H14FN3O/c18-13-8-5-12(6-9-13)7-10-17(22)19-11-16-20-14-3-1-2-4-15(14)21-16/h1-10H,11H2,(H,19,22)(H,20,21)/b10-7+. The maximum absolute atomic E-state index is 12.8. The SMILES string of the molecule is O=C(/C=C/c1ccc(F)cc1)NCc1nc2ccccc2[nH]1. The van der Waals surface area contributed by atoms with E-state index in [1.807, 2.05) is 24.3 Å². The second-order valence-corrected chi connectivity index (χ2v) is 4.80. The average Bonchev–Trinajstić information content (AvgIpc) is 2.95. The summed E-state index contributed by atoms with van der Waals surface area (Å²) in [6.07, 6.45) is 3.04. The van der Waals surface area contributed by atoms with E-state index in [0.29, 0.717) is 12.4 Å². The van der Waals surface area contributed by atoms with Gasteiger partial charge in [0, 0.05) is 6.08 Å². The minimum absolute atomic E-state index is 0.232. The summed E-state index contributed by atoms with van der Waals surface area (Å²) in [4.78, 5) is 19.3. The largest absolute Gasteiger partial charge is 0.345 e. The molecule has 0 atom stereocenters. The van der Waals surface area contributed by atoms with Gasteiger partial charge in [0.15, 0.2) is 0 Å². The molecule has 3 rings (SSSR count). The van der Waals surface area contributed by atoms with Gasteiger partial charge in [0.2, 0.25) is 5.91 Å². The van der Waals surface area contributed by atoms with E-state index in [4.69, 9.17) is 0 Å². The fourth-order valence-corrected chi connectivity index (χ4v) is 2.06. The number of H-pyrrole nitrogens is 1. The smallest absolute Gasteiger partial charge is 0.244 e. The van der Waals surface area contributed by atoms with Crippen LogP contribution in [-0.4, -0.2) is 15.9 Å². The summed E-state index contributed by atoms with van der Waals surface area (Å²) in [5, 5.41) is 2.75. The Labute approximate surface area is 126 Å². The van der Waals surface area contributed by atoms with Crippen molar-refractivity contribution >= 4 is 23.0 Å². The first-order valence-corrected chi connectivity index (χ1v) is 6.86. The molecular weight excluding hydrogens is 281 g/mol. The molecule has 22 heavy (non-hydrogen) atoms. The molecule has 0 aliphatic carbocycles. The molecule has 0 aliphatic heterocycles. The predicted molar refractivity (Wildman–Crippen MR) is 83.4 cm³/mol. The Balaban J connectivity index is 1.58. The first-order valence-electron chi connectivity index (χ1n) is 6.86. The molecule has 0 saturated carbocycles. The number of halogens is 1. The normalized spacial score (nSPS) is 11.1. The van der Waals surface area contributed by atoms with Gasteiger partial charge < -0.3 is 10.3 Å². The number of aromatic nitrogens is 2. The predicted octanol–water partition coefficient (Wildman–Crippen LogP) is 3.03. The van der Waals surface area contributed by atoms with Gasteiger partial charge in [-0.2, -0.15) is 0 Å². The van der Waals surface area contributed by atoms with E-state index in [1.165, 1.54) is 18.2 Å². The fraction of sp³-hybridized carbons (Fsp3) is 0.0588. The summed E-state index contributed by atoms with van der Waals surface area (Å²) in [7, 11) is 0. The third-order valence-electron chi connectivity index (χ3n) is 3.17. The molecule has 0 saturated heterocycles. The Morgan fingerprint density at radius 2 is 1.95 bits per heavy atom. The lowest BCUT2D eigenvalue weighted by atomic mass is 10.2. The first-order chi connectivity index (χ1) is 10.7. The highest BCUT2D eigenvalue weighted by Crippen LogP contribution is 2.10. The summed E-state index contributed by atoms with van der Waals surface area (Å²) < 4.78 is 12.8. The van der Waals surface area contributed by atoms with Crippen molar-refractivity contribution in [3.8, 4) is 0 Å². The molecule has 0 aliphatic rings. The van der Waals surface area contributed by atoms with Gasteiger partial charge in [-0.25, -0.2) is 9.37 Å². The highest BCUT2D eigenvalue weighted by molar-refractivity contribution is 5.91. The van der Waals surface area contributed by atoms with E-state index in [-0.39, 0.29) is 11.7 Å². The Bertz CT molecular complexity index is 788. The number of hydrogen-bond acceptors (Lipinski definition) is 2. The Morgan fingerprint density at radius 3 is 2.73 bits per heavy atom. The molecule has 0 fully saturated rings. The lowest BCUT2D eigenvalue weighted by Crippen LogP contribution is -2.20. The molecule has 0 radical (unpaired) electrons. The number of hydrogen-bond donors (Lipinski definition) is 2. The van der Waals surface area contributed by atoms with Crippen LogP contribution >= 0.6 is 0 Å². The van der Waals surface area contributed by atoms with Gasteiger partial charge in [-0.1, -0.05) is 24.3 Å². The second kappa shape index (κ2) is 6.22. The van der Waals surface area contributed by atoms with Crippen LogP contribution in [0.5, 0.6) is 0 Å². The van der Waals surface area contributed by atoms with Gasteiger partial charge in [-0.3, -0.25) is 4.79 Å². The number of amides is 1. The average molecular weight is 295 g/mol. The van der Waals surface area contributed by atoms with Gasteiger partial charge in [0.05, 0.1) is 17.6 Å². The highest BCUT2D eigenvalue weighted by atomic mass is 19.1. The summed E-state index contributed by atoms with van der Waals surface area (Å²) in [6.45, 7) is 0.321. The van der Waals surface area contributed by atoms with Crippen LogP contribution in [0.15, 0.2) is 54.6 Å². The van der Waals surface area contributed by atoms with Crippen LogP contribution < -0.4 is 5.32 Å². The molecule has 1 aromatic heterocycles. The molecule has 0 bridgehead atoms. The van der Waals surface area contributed by atoms with Crippen molar-refractivity contribution < 1.29 is 9.18 Å². The fourth-order valence-electron chi connectivity index (χ4n) is 2.06. The molecule has 2 N–H and O–H groups in total. The number of rotatable bonds is 4. The third kappa shape index (κ3) is 3.38. The minimum atomic E-state index is -0.300. The second-order valence-electron chi connectivity index (χ2n) is 4.80. The number of imidazole rings is 1. The molecule has 0 unspecified atom stereocenters. The number of nitrogens with one attached hydrogen (secondary N) is 2. The van der Waals surface area contributed by atoms with Crippen LogP contribution in [-0.2, 0) is 11.3 Å². The number of aromatic amines is 1. The zero-order chi connectivity index (χ0) is 15.4. The lowest BCUT2D eigenvalue weighted by Gasteiger charge is -1.98. The van der Waals surface area contributed by atoms with E-state index < -0.39 is 0 Å². The Morgan fingerprint density at radius 1 is 1.18 bits per heavy atom. The van der Waals surface area contributed by atoms with Crippen LogP contribution in [0, 0.1) is 5.82 Å². The van der Waals surface area contributed by atoms with Gasteiger partial charge >= 0.3 is 0 Å². The van der Waals surface area contributed by atoms with Crippen LogP contribution in [0.2, 0.25) is 0 Å². The van der Waals surface area contributed by atoms with Crippen LogP contribution in [0.1, 0.15) is 11.4 Å². The molecule has 4 nitrogen and oxygen atoms in total. The molecule has 3 aromatic rings. The molecule has 0 spiro atoms. The van der Waals surface area contributed by atoms with E-state index in [0.717, 1.165) is 16.6 Å². The number of carbonyl (C=O) groups is 1. The first kappa shape index (κ1) is 14.0. The van der Waals surface area contributed by atoms with Crippen molar-refractivity contribution in [1.29, 1.82) is 0 Å². The quantitative estimate of drug-likeness (QED) is 0.727. The number of benzene rings is 2. The van der Waals surface area contributed by atoms with Crippen molar-refractivity contribution in [1.82, 2.24) is 15.3 Å². The number of carbonyl (C=O) groups excluding carboxylic acids is 1. The zero-order valence-electron chi connectivity index (χ0n) is 11.7. The highest BCUT2D eigenvalue weighted by Gasteiger charge is 2.02. The lowest BCUT2D eigenvalue weighted by molar-refractivity contribution is -0.116. The van der Waals surface area contributed by atoms with Crippen molar-refractivity contribution in [3.63, 3.8) is 0 Å². The Hall–Kier alpha value is -2.95. The summed E-state index contributed by atoms with van der Waals surface area (Å²) in [6, 6.07) is 13.6. The number of fused-ring (bicyclic) bond motifs is 1. The number of nitrogens with zero attached hydrogens (tertiary/aromatic N) is 1. The van der Waals surface area contributed by atoms with Gasteiger partial charge in [0.25, 0.3) is 0 Å². The van der Waals surface area contributed by atoms with Crippen molar-refractivity contribution in [2.45, 2.75) is 6.54 Å². The minimum Gasteiger partial charge on any atom is -0.345 e. The van der Waals surface area contributed by atoms with Crippen LogP contribution in [0.4, 0.5) is 4.39 Å². The van der Waals surface area contributed by atoms with Crippen molar-refractivity contribution in [3.05, 3.63) is 71.8 Å². The molecule has 1 amide bonds. The maximum Gasteiger partial charge on any atom is 0.244 e. The van der Waals surface area contributed by atoms with Crippen LogP contribution in [0.25, 0.3) is 17.1 Å². The number of para-hydroxylation sites is 2. The molecule has 5 heteroatoms.